The summed E-state index contributed by atoms with van der Waals surface area (Å²) in [6.45, 7) is 0. The Morgan fingerprint density at radius 3 is 2.34 bits per heavy atom. The first-order valence-electron chi connectivity index (χ1n) is 10.2. The molecular formula is C21H26ClN3O5S2. The second-order valence-corrected chi connectivity index (χ2v) is 12.3. The van der Waals surface area contributed by atoms with Crippen LogP contribution in [0.3, 0.4) is 0 Å². The van der Waals surface area contributed by atoms with Crippen molar-refractivity contribution in [1.82, 2.24) is 4.98 Å². The van der Waals surface area contributed by atoms with Gasteiger partial charge in [-0.05, 0) is 42.2 Å². The van der Waals surface area contributed by atoms with Crippen LogP contribution in [0.25, 0.3) is 0 Å². The normalized spacial score (nSPS) is 16.0. The van der Waals surface area contributed by atoms with E-state index in [4.69, 9.17) is 11.6 Å². The van der Waals surface area contributed by atoms with Gasteiger partial charge in [0, 0.05) is 6.26 Å². The highest BCUT2D eigenvalue weighted by atomic mass is 35.5. The number of nitrogens with one attached hydrogen (secondary N) is 2. The van der Waals surface area contributed by atoms with E-state index in [-0.39, 0.29) is 27.3 Å². The van der Waals surface area contributed by atoms with Gasteiger partial charge in [-0.1, -0.05) is 43.4 Å². The second kappa shape index (κ2) is 9.76. The maximum atomic E-state index is 13.2. The summed E-state index contributed by atoms with van der Waals surface area (Å²) in [7, 11) is -6.90. The molecule has 0 bridgehead atoms. The van der Waals surface area contributed by atoms with Crippen LogP contribution >= 0.6 is 11.6 Å². The van der Waals surface area contributed by atoms with Gasteiger partial charge >= 0.3 is 0 Å². The lowest BCUT2D eigenvalue weighted by Gasteiger charge is -2.21. The Hall–Kier alpha value is -2.17. The zero-order valence-electron chi connectivity index (χ0n) is 17.8. The molecule has 3 rings (SSSR count). The zero-order chi connectivity index (χ0) is 23.5. The highest BCUT2D eigenvalue weighted by Gasteiger charge is 2.28. The Kier molecular flexibility index (Phi) is 7.46. The smallest absolute Gasteiger partial charge is 0.233 e. The summed E-state index contributed by atoms with van der Waals surface area (Å²) >= 11 is 6.23. The molecule has 1 aromatic carbocycles. The van der Waals surface area contributed by atoms with E-state index >= 15 is 0 Å². The number of sulfonamides is 1. The Morgan fingerprint density at radius 2 is 1.81 bits per heavy atom. The minimum Gasteiger partial charge on any atom is -0.310 e. The number of nitrogens with zero attached hydrogens (tertiary/aromatic N) is 1. The number of amides is 1. The molecule has 1 heterocycles. The van der Waals surface area contributed by atoms with E-state index in [0.29, 0.717) is 17.9 Å². The van der Waals surface area contributed by atoms with Gasteiger partial charge in [0.25, 0.3) is 0 Å². The number of aromatic nitrogens is 1. The molecule has 1 unspecified atom stereocenters. The third-order valence-electron chi connectivity index (χ3n) is 5.44. The summed E-state index contributed by atoms with van der Waals surface area (Å²) in [6.07, 6.45) is 8.41. The molecule has 1 fully saturated rings. The molecule has 174 valence electrons. The predicted molar refractivity (Wildman–Crippen MR) is 125 cm³/mol. The molecule has 11 heteroatoms. The Labute approximate surface area is 193 Å². The van der Waals surface area contributed by atoms with Crippen LogP contribution < -0.4 is 10.0 Å². The number of hydrogen-bond acceptors (Lipinski definition) is 6. The molecular weight excluding hydrogens is 474 g/mol. The molecule has 32 heavy (non-hydrogen) atoms. The first kappa shape index (κ1) is 24.5. The average Bonchev–Trinajstić information content (AvgIpc) is 3.18. The van der Waals surface area contributed by atoms with Gasteiger partial charge in [-0.15, -0.1) is 0 Å². The van der Waals surface area contributed by atoms with Crippen LogP contribution in [0.4, 0.5) is 11.5 Å². The number of carbonyl (C=O) groups is 1. The van der Waals surface area contributed by atoms with E-state index in [1.54, 1.807) is 12.1 Å². The maximum absolute atomic E-state index is 13.2. The third kappa shape index (κ3) is 6.66. The van der Waals surface area contributed by atoms with Gasteiger partial charge in [-0.25, -0.2) is 21.8 Å². The van der Waals surface area contributed by atoms with Crippen molar-refractivity contribution in [2.75, 3.05) is 22.6 Å². The molecule has 1 aliphatic carbocycles. The fraction of sp³-hybridized carbons (Fsp3) is 0.429. The standard InChI is InChI=1S/C21H26ClN3O5S2/c1-31(27,28)19-9-7-15(12-18(19)22)17(11-14-5-3-4-6-14)21(26)24-20-10-8-16(13-23-20)25-32(2,29)30/h7-10,12-14,17,25H,3-6,11H2,1-2H3,(H,23,24,26). The lowest BCUT2D eigenvalue weighted by molar-refractivity contribution is -0.118. The number of benzene rings is 1. The van der Waals surface area contributed by atoms with Gasteiger partial charge in [0.05, 0.1) is 34.0 Å². The molecule has 0 aliphatic heterocycles. The van der Waals surface area contributed by atoms with E-state index in [1.807, 2.05) is 0 Å². The van der Waals surface area contributed by atoms with Gasteiger partial charge in [0.1, 0.15) is 5.82 Å². The molecule has 1 amide bonds. The predicted octanol–water partition coefficient (Wildman–Crippen LogP) is 3.81. The van der Waals surface area contributed by atoms with Gasteiger partial charge in [0.15, 0.2) is 9.84 Å². The topological polar surface area (TPSA) is 122 Å². The van der Waals surface area contributed by atoms with Crippen LogP contribution in [-0.2, 0) is 24.7 Å². The molecule has 1 aromatic heterocycles. The number of rotatable bonds is 8. The number of hydrogen-bond donors (Lipinski definition) is 2. The SMILES string of the molecule is CS(=O)(=O)Nc1ccc(NC(=O)C(CC2CCCC2)c2ccc(S(C)(=O)=O)c(Cl)c2)nc1. The van der Waals surface area contributed by atoms with Crippen LogP contribution in [0, 0.1) is 5.92 Å². The molecule has 1 atom stereocenters. The number of pyridine rings is 1. The Balaban J connectivity index is 1.83. The van der Waals surface area contributed by atoms with Crippen molar-refractivity contribution in [3.05, 3.63) is 47.1 Å². The molecule has 1 aliphatic rings. The monoisotopic (exact) mass is 499 g/mol. The molecule has 2 N–H and O–H groups in total. The van der Waals surface area contributed by atoms with Crippen LogP contribution in [0.5, 0.6) is 0 Å². The quantitative estimate of drug-likeness (QED) is 0.569. The zero-order valence-corrected chi connectivity index (χ0v) is 20.2. The summed E-state index contributed by atoms with van der Waals surface area (Å²) in [5.41, 5.74) is 0.929. The highest BCUT2D eigenvalue weighted by molar-refractivity contribution is 7.92. The van der Waals surface area contributed by atoms with Crippen molar-refractivity contribution in [3.63, 3.8) is 0 Å². The molecule has 0 radical (unpaired) electrons. The summed E-state index contributed by atoms with van der Waals surface area (Å²) in [5, 5.41) is 2.87. The number of anilines is 2. The number of carbonyl (C=O) groups excluding carboxylic acids is 1. The summed E-state index contributed by atoms with van der Waals surface area (Å²) < 4.78 is 48.8. The van der Waals surface area contributed by atoms with E-state index in [1.165, 1.54) is 24.4 Å². The summed E-state index contributed by atoms with van der Waals surface area (Å²) in [6, 6.07) is 7.63. The van der Waals surface area contributed by atoms with E-state index in [0.717, 1.165) is 38.2 Å². The van der Waals surface area contributed by atoms with Gasteiger partial charge in [0.2, 0.25) is 15.9 Å². The molecule has 2 aromatic rings. The van der Waals surface area contributed by atoms with E-state index < -0.39 is 25.8 Å². The van der Waals surface area contributed by atoms with Crippen molar-refractivity contribution in [3.8, 4) is 0 Å². The van der Waals surface area contributed by atoms with Crippen molar-refractivity contribution >= 4 is 48.9 Å². The number of sulfone groups is 1. The fourth-order valence-corrected chi connectivity index (χ4v) is 5.85. The van der Waals surface area contributed by atoms with E-state index in [2.05, 4.69) is 15.0 Å². The van der Waals surface area contributed by atoms with E-state index in [9.17, 15) is 21.6 Å². The summed E-state index contributed by atoms with van der Waals surface area (Å²) in [4.78, 5) is 17.3. The largest absolute Gasteiger partial charge is 0.310 e. The van der Waals surface area contributed by atoms with Gasteiger partial charge in [-0.2, -0.15) is 0 Å². The fourth-order valence-electron chi connectivity index (χ4n) is 3.96. The first-order valence-corrected chi connectivity index (χ1v) is 14.3. The lowest BCUT2D eigenvalue weighted by atomic mass is 9.87. The van der Waals surface area contributed by atoms with Crippen molar-refractivity contribution in [2.24, 2.45) is 5.92 Å². The first-order chi connectivity index (χ1) is 14.9. The molecule has 0 saturated heterocycles. The van der Waals surface area contributed by atoms with Crippen LogP contribution in [0.1, 0.15) is 43.6 Å². The highest BCUT2D eigenvalue weighted by Crippen LogP contribution is 2.36. The van der Waals surface area contributed by atoms with Crippen LogP contribution in [-0.4, -0.2) is 40.2 Å². The van der Waals surface area contributed by atoms with Gasteiger partial charge < -0.3 is 5.32 Å². The average molecular weight is 500 g/mol. The summed E-state index contributed by atoms with van der Waals surface area (Å²) in [5.74, 6) is -0.131. The van der Waals surface area contributed by atoms with Crippen LogP contribution in [0.15, 0.2) is 41.4 Å². The Bertz CT molecular complexity index is 1190. The van der Waals surface area contributed by atoms with Crippen molar-refractivity contribution in [1.29, 1.82) is 0 Å². The molecule has 0 spiro atoms. The number of halogens is 1. The van der Waals surface area contributed by atoms with Crippen molar-refractivity contribution < 1.29 is 21.6 Å². The minimum atomic E-state index is -3.48. The Morgan fingerprint density at radius 1 is 1.12 bits per heavy atom. The van der Waals surface area contributed by atoms with Crippen LogP contribution in [0.2, 0.25) is 5.02 Å². The lowest BCUT2D eigenvalue weighted by Crippen LogP contribution is -2.24. The second-order valence-electron chi connectivity index (χ2n) is 8.20. The third-order valence-corrected chi connectivity index (χ3v) is 7.62. The molecule has 1 saturated carbocycles. The maximum Gasteiger partial charge on any atom is 0.233 e. The molecule has 8 nitrogen and oxygen atoms in total. The van der Waals surface area contributed by atoms with Gasteiger partial charge in [-0.3, -0.25) is 9.52 Å². The minimum absolute atomic E-state index is 0.0265. The van der Waals surface area contributed by atoms with Crippen molar-refractivity contribution in [2.45, 2.75) is 42.9 Å².